The van der Waals surface area contributed by atoms with Gasteiger partial charge in [0.1, 0.15) is 11.6 Å². The van der Waals surface area contributed by atoms with E-state index in [0.29, 0.717) is 22.8 Å². The van der Waals surface area contributed by atoms with Gasteiger partial charge >= 0.3 is 6.03 Å². The monoisotopic (exact) mass is 390 g/mol. The van der Waals surface area contributed by atoms with Crippen molar-refractivity contribution in [2.24, 2.45) is 0 Å². The Kier molecular flexibility index (Phi) is 5.07. The van der Waals surface area contributed by atoms with Gasteiger partial charge in [0, 0.05) is 18.0 Å². The molecule has 1 atom stereocenters. The summed E-state index contributed by atoms with van der Waals surface area (Å²) in [6.45, 7) is 1.91. The molecule has 2 amide bonds. The third kappa shape index (κ3) is 4.32. The highest BCUT2D eigenvalue weighted by Gasteiger charge is 2.12. The van der Waals surface area contributed by atoms with Crippen molar-refractivity contribution in [3.05, 3.63) is 78.2 Å². The zero-order valence-electron chi connectivity index (χ0n) is 15.6. The summed E-state index contributed by atoms with van der Waals surface area (Å²) in [6, 6.07) is 16.9. The van der Waals surface area contributed by atoms with Crippen LogP contribution in [-0.4, -0.2) is 21.2 Å². The molecule has 4 N–H and O–H groups in total. The number of hydrogen-bond acceptors (Lipinski definition) is 4. The molecule has 0 aliphatic carbocycles. The maximum atomic E-state index is 13.0. The van der Waals surface area contributed by atoms with Gasteiger partial charge in [-0.3, -0.25) is 10.4 Å². The number of H-pyrrole nitrogens is 1. The van der Waals surface area contributed by atoms with Crippen LogP contribution in [0.15, 0.2) is 66.9 Å². The van der Waals surface area contributed by atoms with E-state index in [2.05, 4.69) is 31.1 Å². The summed E-state index contributed by atoms with van der Waals surface area (Å²) < 4.78 is 13.0. The smallest absolute Gasteiger partial charge is 0.320 e. The molecule has 0 bridgehead atoms. The van der Waals surface area contributed by atoms with Crippen LogP contribution in [0.25, 0.3) is 10.9 Å². The minimum absolute atomic E-state index is 0.140. The van der Waals surface area contributed by atoms with Crippen molar-refractivity contribution in [3.63, 3.8) is 0 Å². The molecule has 7 nitrogen and oxygen atoms in total. The van der Waals surface area contributed by atoms with Crippen molar-refractivity contribution in [1.82, 2.24) is 20.5 Å². The molecule has 29 heavy (non-hydrogen) atoms. The van der Waals surface area contributed by atoms with Crippen LogP contribution in [-0.2, 0) is 0 Å². The number of benzene rings is 2. The van der Waals surface area contributed by atoms with E-state index in [-0.39, 0.29) is 17.9 Å². The van der Waals surface area contributed by atoms with E-state index >= 15 is 0 Å². The first-order chi connectivity index (χ1) is 14.1. The molecule has 0 saturated carbocycles. The third-order valence-electron chi connectivity index (χ3n) is 4.44. The number of anilines is 3. The van der Waals surface area contributed by atoms with Crippen LogP contribution in [0, 0.1) is 5.82 Å². The molecule has 0 fully saturated rings. The zero-order valence-corrected chi connectivity index (χ0v) is 15.6. The van der Waals surface area contributed by atoms with E-state index in [4.69, 9.17) is 0 Å². The lowest BCUT2D eigenvalue weighted by atomic mass is 10.1. The molecule has 1 unspecified atom stereocenters. The summed E-state index contributed by atoms with van der Waals surface area (Å²) >= 11 is 0. The number of rotatable bonds is 5. The molecule has 0 aliphatic heterocycles. The Labute approximate surface area is 166 Å². The maximum Gasteiger partial charge on any atom is 0.320 e. The van der Waals surface area contributed by atoms with E-state index < -0.39 is 0 Å². The van der Waals surface area contributed by atoms with Crippen LogP contribution in [0.2, 0.25) is 0 Å². The average Bonchev–Trinajstić information content (AvgIpc) is 3.12. The van der Waals surface area contributed by atoms with E-state index in [1.807, 2.05) is 37.3 Å². The average molecular weight is 390 g/mol. The van der Waals surface area contributed by atoms with Crippen molar-refractivity contribution in [2.75, 3.05) is 10.6 Å². The molecule has 2 aromatic carbocycles. The number of halogens is 1. The number of nitrogens with zero attached hydrogens (tertiary/aromatic N) is 2. The topological polar surface area (TPSA) is 94.7 Å². The molecule has 2 heterocycles. The van der Waals surface area contributed by atoms with E-state index in [0.717, 1.165) is 10.9 Å². The number of amides is 2. The summed E-state index contributed by atoms with van der Waals surface area (Å²) in [4.78, 5) is 16.6. The molecule has 4 rings (SSSR count). The lowest BCUT2D eigenvalue weighted by Gasteiger charge is -2.14. The van der Waals surface area contributed by atoms with Crippen LogP contribution in [0.4, 0.5) is 26.5 Å². The van der Waals surface area contributed by atoms with Crippen molar-refractivity contribution in [1.29, 1.82) is 0 Å². The number of hydrogen-bond donors (Lipinski definition) is 4. The van der Waals surface area contributed by atoms with Crippen LogP contribution in [0.5, 0.6) is 0 Å². The Balaban J connectivity index is 1.44. The fraction of sp³-hybridized carbons (Fsp3) is 0.0952. The normalized spacial score (nSPS) is 11.8. The summed E-state index contributed by atoms with van der Waals surface area (Å²) in [5.41, 5.74) is 2.42. The van der Waals surface area contributed by atoms with Gasteiger partial charge < -0.3 is 10.6 Å². The number of carbonyl (C=O) groups is 1. The summed E-state index contributed by atoms with van der Waals surface area (Å²) in [6.07, 6.45) is 1.61. The van der Waals surface area contributed by atoms with Gasteiger partial charge in [0.2, 0.25) is 0 Å². The van der Waals surface area contributed by atoms with Gasteiger partial charge in [-0.15, -0.1) is 0 Å². The highest BCUT2D eigenvalue weighted by molar-refractivity contribution is 5.95. The molecular weight excluding hydrogens is 371 g/mol. The van der Waals surface area contributed by atoms with Gasteiger partial charge in [0.15, 0.2) is 5.82 Å². The number of pyridine rings is 1. The number of carbonyl (C=O) groups excluding carboxylic acids is 1. The van der Waals surface area contributed by atoms with Gasteiger partial charge in [-0.1, -0.05) is 30.3 Å². The summed E-state index contributed by atoms with van der Waals surface area (Å²) in [5, 5.41) is 16.6. The maximum absolute atomic E-state index is 13.0. The SMILES string of the molecule is CC(NC(=O)Nc1cc2[nH]nc(Nc3ccc(F)cc3)c2cn1)c1ccccc1. The minimum Gasteiger partial charge on any atom is -0.338 e. The predicted octanol–water partition coefficient (Wildman–Crippen LogP) is 4.72. The van der Waals surface area contributed by atoms with Crippen molar-refractivity contribution < 1.29 is 9.18 Å². The first-order valence-corrected chi connectivity index (χ1v) is 9.07. The number of fused-ring (bicyclic) bond motifs is 1. The minimum atomic E-state index is -0.350. The number of aromatic amines is 1. The third-order valence-corrected chi connectivity index (χ3v) is 4.44. The molecule has 146 valence electrons. The zero-order chi connectivity index (χ0) is 20.2. The molecule has 2 aromatic heterocycles. The van der Waals surface area contributed by atoms with E-state index in [1.165, 1.54) is 12.1 Å². The van der Waals surface area contributed by atoms with Crippen LogP contribution in [0.1, 0.15) is 18.5 Å². The van der Waals surface area contributed by atoms with Gasteiger partial charge in [-0.2, -0.15) is 5.10 Å². The Hall–Kier alpha value is -3.94. The summed E-state index contributed by atoms with van der Waals surface area (Å²) in [7, 11) is 0. The van der Waals surface area contributed by atoms with Crippen molar-refractivity contribution in [3.8, 4) is 0 Å². The lowest BCUT2D eigenvalue weighted by molar-refractivity contribution is 0.249. The molecule has 4 aromatic rings. The number of aromatic nitrogens is 3. The first-order valence-electron chi connectivity index (χ1n) is 9.07. The van der Waals surface area contributed by atoms with Crippen LogP contribution in [0.3, 0.4) is 0 Å². The second-order valence-corrected chi connectivity index (χ2v) is 6.55. The molecule has 0 saturated heterocycles. The number of nitrogens with one attached hydrogen (secondary N) is 4. The van der Waals surface area contributed by atoms with E-state index in [1.54, 1.807) is 24.4 Å². The largest absolute Gasteiger partial charge is 0.338 e. The highest BCUT2D eigenvalue weighted by Crippen LogP contribution is 2.25. The second-order valence-electron chi connectivity index (χ2n) is 6.55. The van der Waals surface area contributed by atoms with Gasteiger partial charge in [0.25, 0.3) is 0 Å². The Morgan fingerprint density at radius 2 is 1.86 bits per heavy atom. The molecule has 0 radical (unpaired) electrons. The van der Waals surface area contributed by atoms with Crippen molar-refractivity contribution in [2.45, 2.75) is 13.0 Å². The Morgan fingerprint density at radius 3 is 2.62 bits per heavy atom. The predicted molar refractivity (Wildman–Crippen MR) is 111 cm³/mol. The first kappa shape index (κ1) is 18.4. The Bertz CT molecular complexity index is 1130. The van der Waals surface area contributed by atoms with Crippen LogP contribution >= 0.6 is 0 Å². The quantitative estimate of drug-likeness (QED) is 0.396. The lowest BCUT2D eigenvalue weighted by Crippen LogP contribution is -2.31. The molecule has 0 aliphatic rings. The van der Waals surface area contributed by atoms with Crippen LogP contribution < -0.4 is 16.0 Å². The molecular formula is C21H19FN6O. The van der Waals surface area contributed by atoms with Gasteiger partial charge in [-0.25, -0.2) is 14.2 Å². The van der Waals surface area contributed by atoms with Gasteiger partial charge in [0.05, 0.1) is 16.9 Å². The number of urea groups is 1. The standard InChI is InChI=1S/C21H19FN6O/c1-13(14-5-3-2-4-6-14)24-21(29)26-19-11-18-17(12-23-19)20(28-27-18)25-16-9-7-15(22)8-10-16/h2-13H,1H3,(H2,25,27,28)(H2,23,24,26,29). The summed E-state index contributed by atoms with van der Waals surface area (Å²) in [5.74, 6) is 0.653. The highest BCUT2D eigenvalue weighted by atomic mass is 19.1. The molecule has 0 spiro atoms. The molecule has 8 heteroatoms. The van der Waals surface area contributed by atoms with Gasteiger partial charge in [-0.05, 0) is 36.8 Å². The Morgan fingerprint density at radius 1 is 1.10 bits per heavy atom. The second kappa shape index (κ2) is 7.97. The fourth-order valence-electron chi connectivity index (χ4n) is 2.92. The van der Waals surface area contributed by atoms with Crippen molar-refractivity contribution >= 4 is 34.3 Å². The van der Waals surface area contributed by atoms with E-state index in [9.17, 15) is 9.18 Å². The fourth-order valence-corrected chi connectivity index (χ4v) is 2.92.